The predicted molar refractivity (Wildman–Crippen MR) is 120 cm³/mol. The van der Waals surface area contributed by atoms with Gasteiger partial charge < -0.3 is 14.1 Å². The highest BCUT2D eigenvalue weighted by Crippen LogP contribution is 2.26. The number of nitrogens with one attached hydrogen (secondary N) is 1. The maximum Gasteiger partial charge on any atom is 0.279 e. The average Bonchev–Trinajstić information content (AvgIpc) is 3.25. The van der Waals surface area contributed by atoms with Gasteiger partial charge in [0.2, 0.25) is 0 Å². The van der Waals surface area contributed by atoms with Gasteiger partial charge in [0.25, 0.3) is 10.2 Å². The zero-order valence-electron chi connectivity index (χ0n) is 18.6. The molecule has 7 nitrogen and oxygen atoms in total. The third kappa shape index (κ3) is 8.89. The number of hydrogen-bond acceptors (Lipinski definition) is 5. The second-order valence-electron chi connectivity index (χ2n) is 8.19. The highest BCUT2D eigenvalue weighted by Gasteiger charge is 2.30. The molecule has 30 heavy (non-hydrogen) atoms. The normalized spacial score (nSPS) is 20.1. The topological polar surface area (TPSA) is 75.0 Å². The number of rotatable bonds is 15. The summed E-state index contributed by atoms with van der Waals surface area (Å²) in [6.45, 7) is 6.79. The lowest BCUT2D eigenvalue weighted by Gasteiger charge is -2.33. The van der Waals surface area contributed by atoms with Gasteiger partial charge in [0.15, 0.2) is 0 Å². The summed E-state index contributed by atoms with van der Waals surface area (Å²) in [5, 5.41) is 0. The SMILES string of the molecule is C=CCN(C)CCCCCCO[C@H]1CC[C@H](N(C)S(=O)(=O)NCc2ccco2)CC1. The van der Waals surface area contributed by atoms with E-state index >= 15 is 0 Å². The second-order valence-corrected chi connectivity index (χ2v) is 10.0. The molecule has 0 atom stereocenters. The average molecular weight is 442 g/mol. The quantitative estimate of drug-likeness (QED) is 0.333. The minimum absolute atomic E-state index is 0.0199. The Hall–Kier alpha value is -1.19. The van der Waals surface area contributed by atoms with E-state index in [4.69, 9.17) is 9.15 Å². The van der Waals surface area contributed by atoms with E-state index in [0.29, 0.717) is 5.76 Å². The van der Waals surface area contributed by atoms with E-state index in [1.807, 2.05) is 6.08 Å². The Morgan fingerprint density at radius 1 is 1.20 bits per heavy atom. The molecular weight excluding hydrogens is 402 g/mol. The van der Waals surface area contributed by atoms with Crippen LogP contribution in [0.1, 0.15) is 57.1 Å². The van der Waals surface area contributed by atoms with Gasteiger partial charge in [0.1, 0.15) is 5.76 Å². The van der Waals surface area contributed by atoms with Gasteiger partial charge in [-0.2, -0.15) is 17.4 Å². The summed E-state index contributed by atoms with van der Waals surface area (Å²) in [4.78, 5) is 2.28. The van der Waals surface area contributed by atoms with Crippen LogP contribution in [-0.4, -0.2) is 63.6 Å². The maximum atomic E-state index is 12.5. The number of hydrogen-bond donors (Lipinski definition) is 1. The van der Waals surface area contributed by atoms with E-state index in [1.165, 1.54) is 29.8 Å². The molecule has 1 fully saturated rings. The van der Waals surface area contributed by atoms with Crippen molar-refractivity contribution < 1.29 is 17.6 Å². The molecule has 1 aliphatic rings. The van der Waals surface area contributed by atoms with Crippen LogP contribution in [0.5, 0.6) is 0 Å². The summed E-state index contributed by atoms with van der Waals surface area (Å²) in [7, 11) is 0.260. The first-order valence-electron chi connectivity index (χ1n) is 11.1. The first-order valence-corrected chi connectivity index (χ1v) is 12.5. The fourth-order valence-corrected chi connectivity index (χ4v) is 4.98. The molecule has 1 aliphatic carbocycles. The van der Waals surface area contributed by atoms with E-state index in [-0.39, 0.29) is 18.7 Å². The van der Waals surface area contributed by atoms with Gasteiger partial charge in [-0.1, -0.05) is 18.9 Å². The van der Waals surface area contributed by atoms with Gasteiger partial charge >= 0.3 is 0 Å². The Morgan fingerprint density at radius 2 is 1.93 bits per heavy atom. The second kappa shape index (κ2) is 13.3. The smallest absolute Gasteiger partial charge is 0.279 e. The number of furan rings is 1. The molecule has 0 saturated heterocycles. The molecule has 0 spiro atoms. The van der Waals surface area contributed by atoms with Crippen LogP contribution in [0, 0.1) is 0 Å². The Labute approximate surface area is 182 Å². The molecule has 1 aromatic rings. The van der Waals surface area contributed by atoms with Crippen LogP contribution in [0.3, 0.4) is 0 Å². The van der Waals surface area contributed by atoms with Crippen molar-refractivity contribution in [3.05, 3.63) is 36.8 Å². The Bertz CT molecular complexity index is 685. The first-order chi connectivity index (χ1) is 14.4. The molecule has 1 saturated carbocycles. The van der Waals surface area contributed by atoms with Crippen LogP contribution in [0.25, 0.3) is 0 Å². The highest BCUT2D eigenvalue weighted by atomic mass is 32.2. The Kier molecular flexibility index (Phi) is 11.1. The third-order valence-corrected chi connectivity index (χ3v) is 7.34. The van der Waals surface area contributed by atoms with Gasteiger partial charge in [-0.25, -0.2) is 0 Å². The van der Waals surface area contributed by atoms with E-state index in [0.717, 1.165) is 51.8 Å². The van der Waals surface area contributed by atoms with Crippen LogP contribution in [0.15, 0.2) is 35.5 Å². The summed E-state index contributed by atoms with van der Waals surface area (Å²) in [6, 6.07) is 3.52. The maximum absolute atomic E-state index is 12.5. The van der Waals surface area contributed by atoms with Crippen LogP contribution in [0.2, 0.25) is 0 Å². The van der Waals surface area contributed by atoms with Crippen molar-refractivity contribution in [3.63, 3.8) is 0 Å². The minimum Gasteiger partial charge on any atom is -0.468 e. The molecule has 0 unspecified atom stereocenters. The molecule has 0 aromatic carbocycles. The lowest BCUT2D eigenvalue weighted by atomic mass is 9.93. The molecule has 1 N–H and O–H groups in total. The van der Waals surface area contributed by atoms with Gasteiger partial charge in [-0.05, 0) is 64.3 Å². The van der Waals surface area contributed by atoms with Crippen molar-refractivity contribution in [2.75, 3.05) is 33.8 Å². The first kappa shape index (κ1) is 25.1. The minimum atomic E-state index is -3.52. The van der Waals surface area contributed by atoms with E-state index in [2.05, 4.69) is 23.2 Å². The molecule has 8 heteroatoms. The van der Waals surface area contributed by atoms with Crippen molar-refractivity contribution >= 4 is 10.2 Å². The van der Waals surface area contributed by atoms with Crippen molar-refractivity contribution in [1.82, 2.24) is 13.9 Å². The molecule has 0 amide bonds. The van der Waals surface area contributed by atoms with E-state index in [1.54, 1.807) is 19.2 Å². The molecule has 2 rings (SSSR count). The van der Waals surface area contributed by atoms with Crippen LogP contribution >= 0.6 is 0 Å². The standard InChI is InChI=1S/C22H39N3O4S/c1-4-15-24(2)16-7-5-6-8-17-28-21-13-11-20(12-14-21)25(3)30(26,27)23-19-22-10-9-18-29-22/h4,9-10,18,20-21,23H,1,5-8,11-17,19H2,2-3H3/t20-,21-. The van der Waals surface area contributed by atoms with Gasteiger partial charge in [-0.3, -0.25) is 0 Å². The number of nitrogens with zero attached hydrogens (tertiary/aromatic N) is 2. The predicted octanol–water partition coefficient (Wildman–Crippen LogP) is 3.55. The van der Waals surface area contributed by atoms with Gasteiger partial charge in [0.05, 0.1) is 18.9 Å². The van der Waals surface area contributed by atoms with Crippen molar-refractivity contribution in [1.29, 1.82) is 0 Å². The van der Waals surface area contributed by atoms with E-state index in [9.17, 15) is 8.42 Å². The van der Waals surface area contributed by atoms with Crippen molar-refractivity contribution in [2.45, 2.75) is 70.1 Å². The Balaban J connectivity index is 1.56. The largest absolute Gasteiger partial charge is 0.468 e. The van der Waals surface area contributed by atoms with Crippen LogP contribution in [-0.2, 0) is 21.5 Å². The monoisotopic (exact) mass is 441 g/mol. The summed E-state index contributed by atoms with van der Waals surface area (Å²) in [5.41, 5.74) is 0. The molecule has 1 aromatic heterocycles. The fourth-order valence-electron chi connectivity index (χ4n) is 3.85. The summed E-state index contributed by atoms with van der Waals surface area (Å²) in [5.74, 6) is 0.605. The highest BCUT2D eigenvalue weighted by molar-refractivity contribution is 7.87. The molecule has 172 valence electrons. The molecule has 0 aliphatic heterocycles. The van der Waals surface area contributed by atoms with Crippen LogP contribution in [0.4, 0.5) is 0 Å². The summed E-state index contributed by atoms with van der Waals surface area (Å²) < 4.78 is 40.3. The zero-order chi connectivity index (χ0) is 21.8. The molecule has 0 bridgehead atoms. The fraction of sp³-hybridized carbons (Fsp3) is 0.727. The van der Waals surface area contributed by atoms with Gasteiger partial charge in [0, 0.05) is 26.2 Å². The lowest BCUT2D eigenvalue weighted by molar-refractivity contribution is 0.0155. The Morgan fingerprint density at radius 3 is 2.60 bits per heavy atom. The van der Waals surface area contributed by atoms with Crippen LogP contribution < -0.4 is 4.72 Å². The molecular formula is C22H39N3O4S. The third-order valence-electron chi connectivity index (χ3n) is 5.77. The number of likely N-dealkylation sites (N-methyl/N-ethyl adjacent to an activating group) is 1. The zero-order valence-corrected chi connectivity index (χ0v) is 19.4. The lowest BCUT2D eigenvalue weighted by Crippen LogP contribution is -2.45. The van der Waals surface area contributed by atoms with E-state index < -0.39 is 10.2 Å². The molecule has 1 heterocycles. The summed E-state index contributed by atoms with van der Waals surface area (Å²) >= 11 is 0. The molecule has 0 radical (unpaired) electrons. The van der Waals surface area contributed by atoms with Crippen molar-refractivity contribution in [2.24, 2.45) is 0 Å². The number of ether oxygens (including phenoxy) is 1. The van der Waals surface area contributed by atoms with Crippen molar-refractivity contribution in [3.8, 4) is 0 Å². The number of unbranched alkanes of at least 4 members (excludes halogenated alkanes) is 3. The summed E-state index contributed by atoms with van der Waals surface area (Å²) in [6.07, 6.45) is 11.9. The van der Waals surface area contributed by atoms with Gasteiger partial charge in [-0.15, -0.1) is 6.58 Å².